The number of ether oxygens (including phenoxy) is 1. The van der Waals surface area contributed by atoms with Crippen LogP contribution in [0, 0.1) is 11.3 Å². The Labute approximate surface area is 146 Å². The zero-order valence-electron chi connectivity index (χ0n) is 14.6. The third-order valence-electron chi connectivity index (χ3n) is 5.87. The quantitative estimate of drug-likeness (QED) is 0.852. The maximum absolute atomic E-state index is 12.5. The number of piperidine rings is 1. The molecule has 2 aliphatic heterocycles. The van der Waals surface area contributed by atoms with Crippen LogP contribution in [0.2, 0.25) is 0 Å². The van der Waals surface area contributed by atoms with Gasteiger partial charge in [-0.15, -0.1) is 5.10 Å². The molecule has 1 saturated carbocycles. The van der Waals surface area contributed by atoms with Crippen molar-refractivity contribution < 1.29 is 14.3 Å². The molecule has 1 aromatic rings. The van der Waals surface area contributed by atoms with Gasteiger partial charge in [0.1, 0.15) is 6.33 Å². The van der Waals surface area contributed by atoms with Crippen molar-refractivity contribution in [2.75, 3.05) is 26.3 Å². The smallest absolute Gasteiger partial charge is 0.293 e. The molecule has 1 aliphatic carbocycles. The van der Waals surface area contributed by atoms with Gasteiger partial charge in [0.2, 0.25) is 11.7 Å². The molecular formula is C17H25N5O3. The fraction of sp³-hybridized carbons (Fsp3) is 0.765. The molecule has 1 spiro atoms. The van der Waals surface area contributed by atoms with E-state index in [0.29, 0.717) is 19.7 Å². The summed E-state index contributed by atoms with van der Waals surface area (Å²) in [7, 11) is 1.75. The maximum Gasteiger partial charge on any atom is 0.293 e. The van der Waals surface area contributed by atoms with E-state index in [0.717, 1.165) is 38.7 Å². The molecule has 4 rings (SSSR count). The van der Waals surface area contributed by atoms with E-state index in [2.05, 4.69) is 15.4 Å². The summed E-state index contributed by atoms with van der Waals surface area (Å²) in [5, 5.41) is 7.33. The van der Waals surface area contributed by atoms with Crippen LogP contribution in [0.15, 0.2) is 6.33 Å². The van der Waals surface area contributed by atoms with Gasteiger partial charge in [-0.2, -0.15) is 0 Å². The summed E-state index contributed by atoms with van der Waals surface area (Å²) in [5.41, 5.74) is 0.0388. The van der Waals surface area contributed by atoms with Crippen molar-refractivity contribution in [3.63, 3.8) is 0 Å². The molecule has 2 amide bonds. The number of hydrogen-bond donors (Lipinski definition) is 1. The SMILES string of the molecule is Cn1cnc(C(=O)N2CCC3(CCOCC3NC(=O)C3CC3)CC2)n1. The van der Waals surface area contributed by atoms with E-state index < -0.39 is 0 Å². The van der Waals surface area contributed by atoms with Gasteiger partial charge < -0.3 is 15.0 Å². The monoisotopic (exact) mass is 347 g/mol. The third kappa shape index (κ3) is 3.27. The Morgan fingerprint density at radius 3 is 2.68 bits per heavy atom. The van der Waals surface area contributed by atoms with Crippen LogP contribution in [0.1, 0.15) is 42.7 Å². The molecule has 136 valence electrons. The van der Waals surface area contributed by atoms with Gasteiger partial charge in [0.15, 0.2) is 0 Å². The Morgan fingerprint density at radius 1 is 1.28 bits per heavy atom. The van der Waals surface area contributed by atoms with Gasteiger partial charge in [0.05, 0.1) is 12.6 Å². The molecule has 1 unspecified atom stereocenters. The average Bonchev–Trinajstić information content (AvgIpc) is 3.39. The Hall–Kier alpha value is -1.96. The molecule has 1 atom stereocenters. The lowest BCUT2D eigenvalue weighted by atomic mass is 9.69. The zero-order valence-corrected chi connectivity index (χ0v) is 14.6. The number of aryl methyl sites for hydroxylation is 1. The van der Waals surface area contributed by atoms with Gasteiger partial charge in [0, 0.05) is 32.7 Å². The second-order valence-corrected chi connectivity index (χ2v) is 7.56. The molecule has 1 aromatic heterocycles. The first-order chi connectivity index (χ1) is 12.1. The number of rotatable bonds is 3. The number of carbonyl (C=O) groups is 2. The van der Waals surface area contributed by atoms with Crippen LogP contribution in [0.4, 0.5) is 0 Å². The third-order valence-corrected chi connectivity index (χ3v) is 5.87. The summed E-state index contributed by atoms with van der Waals surface area (Å²) in [4.78, 5) is 30.6. The van der Waals surface area contributed by atoms with Crippen LogP contribution in [-0.2, 0) is 16.6 Å². The van der Waals surface area contributed by atoms with Crippen molar-refractivity contribution in [2.45, 2.75) is 38.1 Å². The molecule has 25 heavy (non-hydrogen) atoms. The Morgan fingerprint density at radius 2 is 2.04 bits per heavy atom. The Bertz CT molecular complexity index is 661. The number of amides is 2. The number of nitrogens with one attached hydrogen (secondary N) is 1. The van der Waals surface area contributed by atoms with Crippen LogP contribution in [0.3, 0.4) is 0 Å². The first kappa shape index (κ1) is 16.5. The van der Waals surface area contributed by atoms with E-state index in [1.165, 1.54) is 0 Å². The number of carbonyl (C=O) groups excluding carboxylic acids is 2. The highest BCUT2D eigenvalue weighted by Gasteiger charge is 2.46. The molecule has 0 bridgehead atoms. The average molecular weight is 347 g/mol. The van der Waals surface area contributed by atoms with Crippen LogP contribution in [0.25, 0.3) is 0 Å². The summed E-state index contributed by atoms with van der Waals surface area (Å²) in [6, 6.07) is 0.0552. The van der Waals surface area contributed by atoms with E-state index in [-0.39, 0.29) is 35.0 Å². The first-order valence-corrected chi connectivity index (χ1v) is 9.10. The molecule has 3 heterocycles. The highest BCUT2D eigenvalue weighted by Crippen LogP contribution is 2.41. The Kier molecular flexibility index (Phi) is 4.23. The predicted octanol–water partition coefficient (Wildman–Crippen LogP) is 0.353. The number of hydrogen-bond acceptors (Lipinski definition) is 5. The lowest BCUT2D eigenvalue weighted by molar-refractivity contribution is -0.127. The van der Waals surface area contributed by atoms with Gasteiger partial charge in [-0.05, 0) is 37.5 Å². The predicted molar refractivity (Wildman–Crippen MR) is 88.7 cm³/mol. The standard InChI is InChI=1S/C17H25N5O3/c1-21-11-18-14(20-21)16(24)22-7-4-17(5-8-22)6-9-25-10-13(17)19-15(23)12-2-3-12/h11-13H,2-10H2,1H3,(H,19,23). The van der Waals surface area contributed by atoms with Crippen LogP contribution in [-0.4, -0.2) is 63.8 Å². The molecule has 3 fully saturated rings. The highest BCUT2D eigenvalue weighted by molar-refractivity contribution is 5.90. The molecule has 3 aliphatic rings. The lowest BCUT2D eigenvalue weighted by Gasteiger charge is -2.49. The second-order valence-electron chi connectivity index (χ2n) is 7.56. The molecule has 0 radical (unpaired) electrons. The fourth-order valence-electron chi connectivity index (χ4n) is 3.99. The van der Waals surface area contributed by atoms with Gasteiger partial charge in [-0.1, -0.05) is 0 Å². The summed E-state index contributed by atoms with van der Waals surface area (Å²) >= 11 is 0. The molecular weight excluding hydrogens is 322 g/mol. The van der Waals surface area contributed by atoms with E-state index >= 15 is 0 Å². The van der Waals surface area contributed by atoms with Crippen molar-refractivity contribution in [2.24, 2.45) is 18.4 Å². The maximum atomic E-state index is 12.5. The van der Waals surface area contributed by atoms with Crippen LogP contribution < -0.4 is 5.32 Å². The van der Waals surface area contributed by atoms with E-state index in [9.17, 15) is 9.59 Å². The number of likely N-dealkylation sites (tertiary alicyclic amines) is 1. The minimum Gasteiger partial charge on any atom is -0.379 e. The van der Waals surface area contributed by atoms with E-state index in [1.807, 2.05) is 4.90 Å². The molecule has 8 nitrogen and oxygen atoms in total. The summed E-state index contributed by atoms with van der Waals surface area (Å²) in [6.07, 6.45) is 6.25. The largest absolute Gasteiger partial charge is 0.379 e. The van der Waals surface area contributed by atoms with E-state index in [4.69, 9.17) is 4.74 Å². The summed E-state index contributed by atoms with van der Waals surface area (Å²) < 4.78 is 7.18. The van der Waals surface area contributed by atoms with Gasteiger partial charge >= 0.3 is 0 Å². The van der Waals surface area contributed by atoms with Crippen LogP contribution in [0.5, 0.6) is 0 Å². The van der Waals surface area contributed by atoms with Crippen molar-refractivity contribution in [1.29, 1.82) is 0 Å². The van der Waals surface area contributed by atoms with Gasteiger partial charge in [0.25, 0.3) is 5.91 Å². The first-order valence-electron chi connectivity index (χ1n) is 9.10. The number of nitrogens with zero attached hydrogens (tertiary/aromatic N) is 4. The molecule has 8 heteroatoms. The summed E-state index contributed by atoms with van der Waals surface area (Å²) in [5.74, 6) is 0.520. The topological polar surface area (TPSA) is 89.4 Å². The van der Waals surface area contributed by atoms with Crippen molar-refractivity contribution >= 4 is 11.8 Å². The fourth-order valence-corrected chi connectivity index (χ4v) is 3.99. The normalized spacial score (nSPS) is 25.8. The molecule has 2 saturated heterocycles. The Balaban J connectivity index is 1.41. The van der Waals surface area contributed by atoms with E-state index in [1.54, 1.807) is 18.1 Å². The highest BCUT2D eigenvalue weighted by atomic mass is 16.5. The van der Waals surface area contributed by atoms with Gasteiger partial charge in [-0.25, -0.2) is 4.98 Å². The number of aromatic nitrogens is 3. The molecule has 0 aromatic carbocycles. The zero-order chi connectivity index (χ0) is 17.4. The minimum absolute atomic E-state index is 0.0388. The van der Waals surface area contributed by atoms with Gasteiger partial charge in [-0.3, -0.25) is 14.3 Å². The summed E-state index contributed by atoms with van der Waals surface area (Å²) in [6.45, 7) is 2.65. The second kappa shape index (κ2) is 6.40. The van der Waals surface area contributed by atoms with Crippen molar-refractivity contribution in [1.82, 2.24) is 25.0 Å². The van der Waals surface area contributed by atoms with Crippen LogP contribution >= 0.6 is 0 Å². The van der Waals surface area contributed by atoms with Crippen molar-refractivity contribution in [3.8, 4) is 0 Å². The van der Waals surface area contributed by atoms with Crippen molar-refractivity contribution in [3.05, 3.63) is 12.2 Å². The minimum atomic E-state index is -0.110. The molecule has 1 N–H and O–H groups in total. The lowest BCUT2D eigenvalue weighted by Crippen LogP contribution is -2.58.